The maximum absolute atomic E-state index is 5.42. The highest BCUT2D eigenvalue weighted by molar-refractivity contribution is 5.37. The fourth-order valence-corrected chi connectivity index (χ4v) is 3.41. The second kappa shape index (κ2) is 8.04. The van der Waals surface area contributed by atoms with Crippen molar-refractivity contribution in [2.45, 2.75) is 38.6 Å². The maximum Gasteiger partial charge on any atom is 0.129 e. The van der Waals surface area contributed by atoms with Gasteiger partial charge in [-0.3, -0.25) is 4.90 Å². The molecular formula is C17H29N5O. The minimum atomic E-state index is 0.483. The van der Waals surface area contributed by atoms with Gasteiger partial charge in [0.1, 0.15) is 11.6 Å². The molecule has 1 aromatic heterocycles. The van der Waals surface area contributed by atoms with Crippen molar-refractivity contribution in [2.75, 3.05) is 51.3 Å². The van der Waals surface area contributed by atoms with Crippen molar-refractivity contribution in [1.82, 2.24) is 20.2 Å². The van der Waals surface area contributed by atoms with Crippen molar-refractivity contribution in [3.8, 4) is 0 Å². The van der Waals surface area contributed by atoms with Crippen molar-refractivity contribution < 1.29 is 4.74 Å². The van der Waals surface area contributed by atoms with Crippen LogP contribution >= 0.6 is 0 Å². The van der Waals surface area contributed by atoms with Crippen LogP contribution in [0.3, 0.4) is 0 Å². The molecular weight excluding hydrogens is 290 g/mol. The largest absolute Gasteiger partial charge is 0.379 e. The van der Waals surface area contributed by atoms with E-state index in [4.69, 9.17) is 4.74 Å². The highest BCUT2D eigenvalue weighted by atomic mass is 16.5. The normalized spacial score (nSPS) is 22.0. The zero-order valence-corrected chi connectivity index (χ0v) is 14.3. The van der Waals surface area contributed by atoms with Crippen LogP contribution in [0.5, 0.6) is 0 Å². The Morgan fingerprint density at radius 3 is 2.78 bits per heavy atom. The Kier molecular flexibility index (Phi) is 5.80. The molecule has 6 nitrogen and oxygen atoms in total. The number of aromatic nitrogens is 2. The lowest BCUT2D eigenvalue weighted by Crippen LogP contribution is -2.45. The third-order valence-corrected chi connectivity index (χ3v) is 4.86. The highest BCUT2D eigenvalue weighted by Gasteiger charge is 2.19. The molecule has 2 fully saturated rings. The van der Waals surface area contributed by atoms with Gasteiger partial charge < -0.3 is 15.4 Å². The molecule has 0 saturated carbocycles. The van der Waals surface area contributed by atoms with Gasteiger partial charge in [-0.05, 0) is 39.8 Å². The molecule has 6 heteroatoms. The number of aryl methyl sites for hydroxylation is 1. The third kappa shape index (κ3) is 4.62. The molecule has 3 heterocycles. The summed E-state index contributed by atoms with van der Waals surface area (Å²) in [6.07, 6.45) is 2.33. The third-order valence-electron chi connectivity index (χ3n) is 4.86. The van der Waals surface area contributed by atoms with Gasteiger partial charge in [0.05, 0.1) is 13.2 Å². The van der Waals surface area contributed by atoms with Gasteiger partial charge in [0.15, 0.2) is 0 Å². The van der Waals surface area contributed by atoms with E-state index in [9.17, 15) is 0 Å². The summed E-state index contributed by atoms with van der Waals surface area (Å²) in [5.74, 6) is 2.39. The zero-order chi connectivity index (χ0) is 16.1. The quantitative estimate of drug-likeness (QED) is 0.855. The SMILES string of the molecule is Cc1nc(NC[C@@H](C)N2CCOCC2)cc(C2CCNCC2)n1. The van der Waals surface area contributed by atoms with E-state index in [1.165, 1.54) is 18.5 Å². The molecule has 0 radical (unpaired) electrons. The number of nitrogens with zero attached hydrogens (tertiary/aromatic N) is 3. The minimum Gasteiger partial charge on any atom is -0.379 e. The monoisotopic (exact) mass is 319 g/mol. The molecule has 0 unspecified atom stereocenters. The smallest absolute Gasteiger partial charge is 0.129 e. The summed E-state index contributed by atoms with van der Waals surface area (Å²) >= 11 is 0. The summed E-state index contributed by atoms with van der Waals surface area (Å²) in [6, 6.07) is 2.63. The van der Waals surface area contributed by atoms with Crippen molar-refractivity contribution in [3.05, 3.63) is 17.6 Å². The number of anilines is 1. The van der Waals surface area contributed by atoms with Crippen LogP contribution < -0.4 is 10.6 Å². The Bertz CT molecular complexity index is 498. The molecule has 2 saturated heterocycles. The predicted octanol–water partition coefficient (Wildman–Crippen LogP) is 1.38. The van der Waals surface area contributed by atoms with Gasteiger partial charge in [0, 0.05) is 43.4 Å². The Balaban J connectivity index is 1.59. The lowest BCUT2D eigenvalue weighted by Gasteiger charge is -2.32. The molecule has 0 spiro atoms. The van der Waals surface area contributed by atoms with Gasteiger partial charge in [0.2, 0.25) is 0 Å². The van der Waals surface area contributed by atoms with Gasteiger partial charge >= 0.3 is 0 Å². The molecule has 0 aromatic carbocycles. The number of ether oxygens (including phenoxy) is 1. The van der Waals surface area contributed by atoms with E-state index in [-0.39, 0.29) is 0 Å². The molecule has 2 aliphatic rings. The zero-order valence-electron chi connectivity index (χ0n) is 14.3. The lowest BCUT2D eigenvalue weighted by atomic mass is 9.94. The summed E-state index contributed by atoms with van der Waals surface area (Å²) in [5.41, 5.74) is 1.19. The highest BCUT2D eigenvalue weighted by Crippen LogP contribution is 2.25. The molecule has 3 rings (SSSR count). The van der Waals surface area contributed by atoms with E-state index in [0.29, 0.717) is 12.0 Å². The Labute approximate surface area is 139 Å². The van der Waals surface area contributed by atoms with Crippen LogP contribution in [0.1, 0.15) is 37.2 Å². The van der Waals surface area contributed by atoms with Gasteiger partial charge in [-0.25, -0.2) is 9.97 Å². The molecule has 1 atom stereocenters. The first-order valence-electron chi connectivity index (χ1n) is 8.84. The van der Waals surface area contributed by atoms with E-state index >= 15 is 0 Å². The van der Waals surface area contributed by atoms with Crippen LogP contribution in [-0.4, -0.2) is 66.8 Å². The van der Waals surface area contributed by atoms with Gasteiger partial charge in [0.25, 0.3) is 0 Å². The van der Waals surface area contributed by atoms with Crippen LogP contribution in [0, 0.1) is 6.92 Å². The second-order valence-electron chi connectivity index (χ2n) is 6.63. The summed E-state index contributed by atoms with van der Waals surface area (Å²) < 4.78 is 5.42. The number of rotatable bonds is 5. The molecule has 128 valence electrons. The molecule has 0 aliphatic carbocycles. The van der Waals surface area contributed by atoms with Crippen LogP contribution in [-0.2, 0) is 4.74 Å². The fraction of sp³-hybridized carbons (Fsp3) is 0.765. The Hall–Kier alpha value is -1.24. The Morgan fingerprint density at radius 1 is 1.30 bits per heavy atom. The lowest BCUT2D eigenvalue weighted by molar-refractivity contribution is 0.0227. The van der Waals surface area contributed by atoms with E-state index in [1.54, 1.807) is 0 Å². The average molecular weight is 319 g/mol. The molecule has 23 heavy (non-hydrogen) atoms. The van der Waals surface area contributed by atoms with E-state index in [0.717, 1.165) is 57.6 Å². The molecule has 0 amide bonds. The number of hydrogen-bond donors (Lipinski definition) is 2. The van der Waals surface area contributed by atoms with E-state index in [1.807, 2.05) is 6.92 Å². The van der Waals surface area contributed by atoms with Crippen molar-refractivity contribution >= 4 is 5.82 Å². The molecule has 2 N–H and O–H groups in total. The van der Waals surface area contributed by atoms with Gasteiger partial charge in [-0.2, -0.15) is 0 Å². The first-order valence-corrected chi connectivity index (χ1v) is 8.84. The second-order valence-corrected chi connectivity index (χ2v) is 6.63. The summed E-state index contributed by atoms with van der Waals surface area (Å²) in [6.45, 7) is 11.1. The summed E-state index contributed by atoms with van der Waals surface area (Å²) in [4.78, 5) is 11.7. The average Bonchev–Trinajstić information content (AvgIpc) is 2.61. The van der Waals surface area contributed by atoms with E-state index < -0.39 is 0 Å². The first-order chi connectivity index (χ1) is 11.2. The number of nitrogens with one attached hydrogen (secondary N) is 2. The molecule has 1 aromatic rings. The topological polar surface area (TPSA) is 62.3 Å². The van der Waals surface area contributed by atoms with Crippen LogP contribution in [0.25, 0.3) is 0 Å². The van der Waals surface area contributed by atoms with E-state index in [2.05, 4.69) is 38.5 Å². The maximum atomic E-state index is 5.42. The Morgan fingerprint density at radius 2 is 2.04 bits per heavy atom. The van der Waals surface area contributed by atoms with Crippen LogP contribution in [0.2, 0.25) is 0 Å². The number of hydrogen-bond acceptors (Lipinski definition) is 6. The molecule has 0 bridgehead atoms. The summed E-state index contributed by atoms with van der Waals surface area (Å²) in [7, 11) is 0. The van der Waals surface area contributed by atoms with Crippen molar-refractivity contribution in [3.63, 3.8) is 0 Å². The van der Waals surface area contributed by atoms with Crippen LogP contribution in [0.4, 0.5) is 5.82 Å². The standard InChI is InChI=1S/C17H29N5O/c1-13(22-7-9-23-10-8-22)12-19-17-11-16(20-14(2)21-17)15-3-5-18-6-4-15/h11,13,15,18H,3-10,12H2,1-2H3,(H,19,20,21)/t13-/m1/s1. The van der Waals surface area contributed by atoms with Crippen molar-refractivity contribution in [2.24, 2.45) is 0 Å². The van der Waals surface area contributed by atoms with Gasteiger partial charge in [-0.1, -0.05) is 0 Å². The predicted molar refractivity (Wildman–Crippen MR) is 92.0 cm³/mol. The minimum absolute atomic E-state index is 0.483. The molecule has 2 aliphatic heterocycles. The van der Waals surface area contributed by atoms with Crippen LogP contribution in [0.15, 0.2) is 6.07 Å². The fourth-order valence-electron chi connectivity index (χ4n) is 3.41. The number of piperidine rings is 1. The number of morpholine rings is 1. The van der Waals surface area contributed by atoms with Gasteiger partial charge in [-0.15, -0.1) is 0 Å². The summed E-state index contributed by atoms with van der Waals surface area (Å²) in [5, 5.41) is 6.93. The first kappa shape index (κ1) is 16.6. The van der Waals surface area contributed by atoms with Crippen molar-refractivity contribution in [1.29, 1.82) is 0 Å².